The molecule has 0 amide bonds. The topological polar surface area (TPSA) is 62.6 Å². The molecule has 0 spiro atoms. The molecule has 0 bridgehead atoms. The van der Waals surface area contributed by atoms with Crippen LogP contribution in [0.1, 0.15) is 82.0 Å². The molecule has 3 fully saturated rings. The van der Waals surface area contributed by atoms with E-state index < -0.39 is 11.3 Å². The van der Waals surface area contributed by atoms with Crippen LogP contribution in [-0.2, 0) is 16.7 Å². The molecule has 3 heterocycles. The van der Waals surface area contributed by atoms with Crippen molar-refractivity contribution in [1.82, 2.24) is 14.5 Å². The van der Waals surface area contributed by atoms with Crippen LogP contribution in [0.4, 0.5) is 8.78 Å². The number of aromatic amines is 1. The van der Waals surface area contributed by atoms with Gasteiger partial charge in [0.15, 0.2) is 5.90 Å². The number of hydrogen-bond donors (Lipinski definition) is 1. The minimum atomic E-state index is -2.77. The number of benzene rings is 1. The fourth-order valence-electron chi connectivity index (χ4n) is 6.84. The lowest BCUT2D eigenvalue weighted by Crippen LogP contribution is -2.55. The minimum absolute atomic E-state index is 0.116. The average molecular weight is 551 g/mol. The summed E-state index contributed by atoms with van der Waals surface area (Å²) in [5.74, 6) is -1.28. The summed E-state index contributed by atoms with van der Waals surface area (Å²) < 4.78 is 36.3. The first-order chi connectivity index (χ1) is 19.2. The van der Waals surface area contributed by atoms with E-state index in [0.29, 0.717) is 47.7 Å². The lowest BCUT2D eigenvalue weighted by Gasteiger charge is -2.47. The summed E-state index contributed by atoms with van der Waals surface area (Å²) >= 11 is 0. The highest BCUT2D eigenvalue weighted by Gasteiger charge is 2.61. The fourth-order valence-corrected chi connectivity index (χ4v) is 6.84. The van der Waals surface area contributed by atoms with Crippen LogP contribution in [-0.4, -0.2) is 52.5 Å². The maximum Gasteiger partial charge on any atom is 0.279 e. The summed E-state index contributed by atoms with van der Waals surface area (Å²) in [6, 6.07) is 9.64. The second-order valence-corrected chi connectivity index (χ2v) is 12.2. The molecule has 2 aliphatic carbocycles. The van der Waals surface area contributed by atoms with Gasteiger partial charge in [0.1, 0.15) is 5.52 Å². The number of H-pyrrole nitrogens is 1. The van der Waals surface area contributed by atoms with E-state index in [9.17, 15) is 13.6 Å². The molecule has 0 unspecified atom stereocenters. The van der Waals surface area contributed by atoms with Gasteiger partial charge in [-0.1, -0.05) is 19.1 Å². The van der Waals surface area contributed by atoms with E-state index in [4.69, 9.17) is 4.74 Å². The van der Waals surface area contributed by atoms with Crippen LogP contribution in [0.3, 0.4) is 0 Å². The number of aliphatic imine (C=N–C) groups is 1. The third kappa shape index (κ3) is 5.00. The van der Waals surface area contributed by atoms with Gasteiger partial charge in [-0.2, -0.15) is 0 Å². The van der Waals surface area contributed by atoms with Crippen molar-refractivity contribution >= 4 is 16.8 Å². The first kappa shape index (κ1) is 27.2. The Morgan fingerprint density at radius 3 is 2.65 bits per heavy atom. The summed E-state index contributed by atoms with van der Waals surface area (Å²) in [4.78, 5) is 24.4. The van der Waals surface area contributed by atoms with Gasteiger partial charge < -0.3 is 9.72 Å². The van der Waals surface area contributed by atoms with Crippen molar-refractivity contribution in [3.8, 4) is 5.69 Å². The summed E-state index contributed by atoms with van der Waals surface area (Å²) in [5.41, 5.74) is 3.16. The molecule has 0 radical (unpaired) electrons. The van der Waals surface area contributed by atoms with E-state index in [1.807, 2.05) is 44.3 Å². The summed E-state index contributed by atoms with van der Waals surface area (Å²) in [7, 11) is 0. The number of piperidine rings is 1. The lowest BCUT2D eigenvalue weighted by molar-refractivity contribution is -0.110. The minimum Gasteiger partial charge on any atom is -0.481 e. The van der Waals surface area contributed by atoms with Gasteiger partial charge in [-0.25, -0.2) is 8.78 Å². The quantitative estimate of drug-likeness (QED) is 0.256. The molecule has 214 valence electrons. The Morgan fingerprint density at radius 2 is 1.98 bits per heavy atom. The number of nitrogens with one attached hydrogen (secondary N) is 1. The zero-order chi connectivity index (χ0) is 28.1. The molecule has 40 heavy (non-hydrogen) atoms. The highest BCUT2D eigenvalue weighted by Crippen LogP contribution is 2.55. The third-order valence-electron chi connectivity index (χ3n) is 8.83. The molecule has 8 heteroatoms. The molecular formula is C32H40F2N4O2. The first-order valence-electron chi connectivity index (χ1n) is 14.9. The number of halogens is 2. The molecular weight excluding hydrogens is 510 g/mol. The average Bonchev–Trinajstić information content (AvgIpc) is 3.66. The van der Waals surface area contributed by atoms with Gasteiger partial charge >= 0.3 is 0 Å². The summed E-state index contributed by atoms with van der Waals surface area (Å²) in [6.45, 7) is 9.81. The number of nitrogens with zero attached hydrogens (tertiary/aromatic N) is 3. The zero-order valence-electron chi connectivity index (χ0n) is 23.8. The predicted octanol–water partition coefficient (Wildman–Crippen LogP) is 6.55. The smallest absolute Gasteiger partial charge is 0.279 e. The van der Waals surface area contributed by atoms with Gasteiger partial charge in [-0.05, 0) is 87.2 Å². The number of ether oxygens (including phenoxy) is 1. The second-order valence-electron chi connectivity index (χ2n) is 12.2. The van der Waals surface area contributed by atoms with E-state index in [1.165, 1.54) is 18.4 Å². The summed E-state index contributed by atoms with van der Waals surface area (Å²) in [5, 5.41) is 1.02. The number of fused-ring (bicyclic) bond motifs is 1. The summed E-state index contributed by atoms with van der Waals surface area (Å²) in [6.07, 6.45) is 5.99. The molecule has 1 aromatic carbocycles. The van der Waals surface area contributed by atoms with E-state index >= 15 is 0 Å². The van der Waals surface area contributed by atoms with Gasteiger partial charge in [-0.3, -0.25) is 19.3 Å². The van der Waals surface area contributed by atoms with E-state index in [0.717, 1.165) is 43.6 Å². The highest BCUT2D eigenvalue weighted by molar-refractivity contribution is 5.90. The van der Waals surface area contributed by atoms with E-state index in [-0.39, 0.29) is 18.4 Å². The number of likely N-dealkylation sites (tertiary alicyclic amines) is 1. The normalized spacial score (nSPS) is 22.8. The van der Waals surface area contributed by atoms with Gasteiger partial charge in [0.05, 0.1) is 12.0 Å². The van der Waals surface area contributed by atoms with Crippen molar-refractivity contribution in [2.45, 2.75) is 83.1 Å². The molecule has 1 aliphatic heterocycles. The van der Waals surface area contributed by atoms with E-state index in [1.54, 1.807) is 4.57 Å². The number of aromatic nitrogens is 2. The maximum atomic E-state index is 14.4. The van der Waals surface area contributed by atoms with Crippen LogP contribution in [0.2, 0.25) is 0 Å². The Bertz CT molecular complexity index is 1480. The van der Waals surface area contributed by atoms with Crippen LogP contribution in [0, 0.1) is 5.92 Å². The Balaban J connectivity index is 1.41. The van der Waals surface area contributed by atoms with Gasteiger partial charge in [0.2, 0.25) is 0 Å². The molecule has 2 aromatic heterocycles. The largest absolute Gasteiger partial charge is 0.481 e. The first-order valence-corrected chi connectivity index (χ1v) is 14.9. The van der Waals surface area contributed by atoms with Crippen LogP contribution >= 0.6 is 0 Å². The van der Waals surface area contributed by atoms with Crippen LogP contribution in [0.5, 0.6) is 0 Å². The monoisotopic (exact) mass is 550 g/mol. The fraction of sp³-hybridized carbons (Fsp3) is 0.562. The number of pyridine rings is 1. The maximum absolute atomic E-state index is 14.4. The van der Waals surface area contributed by atoms with Crippen molar-refractivity contribution in [3.63, 3.8) is 0 Å². The Kier molecular flexibility index (Phi) is 7.09. The Hall–Kier alpha value is -3.00. The predicted molar refractivity (Wildman–Crippen MR) is 155 cm³/mol. The Morgan fingerprint density at radius 1 is 1.18 bits per heavy atom. The molecule has 6 nitrogen and oxygen atoms in total. The molecule has 1 atom stereocenters. The van der Waals surface area contributed by atoms with Crippen molar-refractivity contribution in [2.75, 3.05) is 26.2 Å². The van der Waals surface area contributed by atoms with Gasteiger partial charge in [0.25, 0.3) is 11.5 Å². The molecule has 1 saturated heterocycles. The van der Waals surface area contributed by atoms with Crippen molar-refractivity contribution in [1.29, 1.82) is 0 Å². The van der Waals surface area contributed by atoms with Crippen molar-refractivity contribution < 1.29 is 13.5 Å². The Labute approximate surface area is 234 Å². The van der Waals surface area contributed by atoms with Crippen molar-refractivity contribution in [2.24, 2.45) is 10.9 Å². The van der Waals surface area contributed by atoms with Crippen molar-refractivity contribution in [3.05, 3.63) is 63.7 Å². The molecule has 3 aliphatic rings. The van der Waals surface area contributed by atoms with Gasteiger partial charge in [0, 0.05) is 55.4 Å². The number of alkyl halides is 2. The standard InChI is InChI=1S/C32H40F2N4O2/c1-4-35-30(40-5-2)31(19-32(33,34)20-31)23-9-6-10-25(14-23)38-18-27(22-11-12-22)26-15-24(36-28(26)29(38)39)17-37-13-7-8-21(3)16-37/h6,9-10,14-15,18,21-22,36H,4-5,7-8,11-13,16-17,19-20H2,1-3H3/t21-/m0/s1. The SMILES string of the molecule is CCN=C(OCC)C1(c2cccc(-n3cc(C4CC4)c4cc(CN5CCC[C@H](C)C5)[nH]c4c3=O)c2)CC(F)(F)C1. The molecule has 1 N–H and O–H groups in total. The molecule has 2 saturated carbocycles. The molecule has 3 aromatic rings. The second kappa shape index (κ2) is 10.4. The molecule has 6 rings (SSSR count). The zero-order valence-corrected chi connectivity index (χ0v) is 23.8. The van der Waals surface area contributed by atoms with Crippen LogP contribution < -0.4 is 5.56 Å². The van der Waals surface area contributed by atoms with Gasteiger partial charge in [-0.15, -0.1) is 0 Å². The third-order valence-corrected chi connectivity index (χ3v) is 8.83. The number of rotatable bonds is 8. The highest BCUT2D eigenvalue weighted by atomic mass is 19.3. The van der Waals surface area contributed by atoms with Crippen LogP contribution in [0.15, 0.2) is 46.3 Å². The lowest BCUT2D eigenvalue weighted by atomic mass is 9.61. The van der Waals surface area contributed by atoms with E-state index in [2.05, 4.69) is 27.9 Å². The number of hydrogen-bond acceptors (Lipinski definition) is 4. The van der Waals surface area contributed by atoms with Crippen LogP contribution in [0.25, 0.3) is 16.6 Å².